The molecule has 0 saturated heterocycles. The minimum absolute atomic E-state index is 0.0446. The zero-order chi connectivity index (χ0) is 11.5. The summed E-state index contributed by atoms with van der Waals surface area (Å²) in [6.07, 6.45) is 0.731. The van der Waals surface area contributed by atoms with Crippen LogP contribution in [0, 0.1) is 6.92 Å². The number of thiazole rings is 1. The van der Waals surface area contributed by atoms with Crippen LogP contribution in [-0.2, 0) is 6.42 Å². The number of hydrogen-bond donors (Lipinski definition) is 2. The molecule has 0 bridgehead atoms. The predicted molar refractivity (Wildman–Crippen MR) is 67.0 cm³/mol. The molecule has 86 valence electrons. The van der Waals surface area contributed by atoms with Crippen molar-refractivity contribution in [3.05, 3.63) is 38.6 Å². The van der Waals surface area contributed by atoms with Crippen molar-refractivity contribution in [2.24, 2.45) is 5.84 Å². The SMILES string of the molecule is Cc1csc(CC(NN)c2ccc(Br)o2)n1. The highest BCUT2D eigenvalue weighted by Crippen LogP contribution is 2.24. The molecule has 16 heavy (non-hydrogen) atoms. The van der Waals surface area contributed by atoms with E-state index in [0.717, 1.165) is 22.9 Å². The zero-order valence-corrected chi connectivity index (χ0v) is 11.1. The number of aromatic nitrogens is 1. The molecular formula is C10H12BrN3OS. The molecule has 0 amide bonds. The average Bonchev–Trinajstić information content (AvgIpc) is 2.84. The molecule has 0 aliphatic heterocycles. The Hall–Kier alpha value is -0.690. The lowest BCUT2D eigenvalue weighted by Gasteiger charge is -2.10. The molecule has 0 spiro atoms. The van der Waals surface area contributed by atoms with E-state index >= 15 is 0 Å². The molecular weight excluding hydrogens is 290 g/mol. The second-order valence-electron chi connectivity index (χ2n) is 3.45. The fraction of sp³-hybridized carbons (Fsp3) is 0.300. The molecule has 4 nitrogen and oxygen atoms in total. The second kappa shape index (κ2) is 5.09. The fourth-order valence-electron chi connectivity index (χ4n) is 1.43. The van der Waals surface area contributed by atoms with Crippen molar-refractivity contribution >= 4 is 27.3 Å². The molecule has 0 saturated carbocycles. The van der Waals surface area contributed by atoms with E-state index in [2.05, 4.69) is 26.3 Å². The first-order valence-corrected chi connectivity index (χ1v) is 6.48. The van der Waals surface area contributed by atoms with Gasteiger partial charge in [-0.05, 0) is 35.0 Å². The summed E-state index contributed by atoms with van der Waals surface area (Å²) in [4.78, 5) is 4.40. The summed E-state index contributed by atoms with van der Waals surface area (Å²) in [5.41, 5.74) is 3.78. The number of halogens is 1. The smallest absolute Gasteiger partial charge is 0.169 e. The molecule has 0 aliphatic carbocycles. The van der Waals surface area contributed by atoms with E-state index in [-0.39, 0.29) is 6.04 Å². The summed E-state index contributed by atoms with van der Waals surface area (Å²) >= 11 is 4.91. The first kappa shape index (κ1) is 11.8. The molecule has 2 aromatic heterocycles. The molecule has 1 unspecified atom stereocenters. The van der Waals surface area contributed by atoms with Crippen LogP contribution in [0.4, 0.5) is 0 Å². The Labute approximate surface area is 106 Å². The maximum atomic E-state index is 5.52. The molecule has 0 fully saturated rings. The predicted octanol–water partition coefficient (Wildman–Crippen LogP) is 2.55. The third kappa shape index (κ3) is 2.70. The van der Waals surface area contributed by atoms with Gasteiger partial charge >= 0.3 is 0 Å². The van der Waals surface area contributed by atoms with Gasteiger partial charge in [0.05, 0.1) is 11.0 Å². The number of nitrogens with zero attached hydrogens (tertiary/aromatic N) is 1. The van der Waals surface area contributed by atoms with Crippen molar-refractivity contribution in [1.82, 2.24) is 10.4 Å². The number of nitrogens with two attached hydrogens (primary N) is 1. The van der Waals surface area contributed by atoms with Crippen molar-refractivity contribution < 1.29 is 4.42 Å². The lowest BCUT2D eigenvalue weighted by atomic mass is 10.2. The van der Waals surface area contributed by atoms with Gasteiger partial charge in [0.1, 0.15) is 5.76 Å². The van der Waals surface area contributed by atoms with Crippen LogP contribution in [0.5, 0.6) is 0 Å². The highest BCUT2D eigenvalue weighted by atomic mass is 79.9. The normalized spacial score (nSPS) is 12.9. The van der Waals surface area contributed by atoms with Gasteiger partial charge in [-0.1, -0.05) is 0 Å². The van der Waals surface area contributed by atoms with Crippen LogP contribution in [0.1, 0.15) is 22.5 Å². The van der Waals surface area contributed by atoms with E-state index in [0.29, 0.717) is 4.67 Å². The van der Waals surface area contributed by atoms with Gasteiger partial charge in [-0.2, -0.15) is 0 Å². The zero-order valence-electron chi connectivity index (χ0n) is 8.74. The number of hydrazine groups is 1. The quantitative estimate of drug-likeness (QED) is 0.673. The summed E-state index contributed by atoms with van der Waals surface area (Å²) in [6, 6.07) is 3.71. The second-order valence-corrected chi connectivity index (χ2v) is 5.17. The first-order chi connectivity index (χ1) is 7.69. The Morgan fingerprint density at radius 1 is 1.62 bits per heavy atom. The largest absolute Gasteiger partial charge is 0.453 e. The Balaban J connectivity index is 2.12. The van der Waals surface area contributed by atoms with E-state index < -0.39 is 0 Å². The highest BCUT2D eigenvalue weighted by molar-refractivity contribution is 9.10. The maximum Gasteiger partial charge on any atom is 0.169 e. The van der Waals surface area contributed by atoms with Gasteiger partial charge in [0.2, 0.25) is 0 Å². The molecule has 3 N–H and O–H groups in total. The third-order valence-electron chi connectivity index (χ3n) is 2.18. The minimum atomic E-state index is -0.0446. The van der Waals surface area contributed by atoms with Gasteiger partial charge in [0.25, 0.3) is 0 Å². The molecule has 0 aliphatic rings. The van der Waals surface area contributed by atoms with Gasteiger partial charge in [-0.25, -0.2) is 10.4 Å². The Kier molecular flexibility index (Phi) is 3.75. The molecule has 0 aromatic carbocycles. The fourth-order valence-corrected chi connectivity index (χ4v) is 2.57. The number of nitrogens with one attached hydrogen (secondary N) is 1. The molecule has 2 heterocycles. The lowest BCUT2D eigenvalue weighted by molar-refractivity contribution is 0.404. The number of hydrogen-bond acceptors (Lipinski definition) is 5. The maximum absolute atomic E-state index is 5.52. The topological polar surface area (TPSA) is 64.1 Å². The van der Waals surface area contributed by atoms with Crippen LogP contribution < -0.4 is 11.3 Å². The van der Waals surface area contributed by atoms with E-state index in [1.807, 2.05) is 24.4 Å². The van der Waals surface area contributed by atoms with Crippen molar-refractivity contribution in [1.29, 1.82) is 0 Å². The van der Waals surface area contributed by atoms with Gasteiger partial charge in [-0.15, -0.1) is 11.3 Å². The summed E-state index contributed by atoms with van der Waals surface area (Å²) in [5.74, 6) is 6.33. The number of furan rings is 1. The molecule has 1 atom stereocenters. The van der Waals surface area contributed by atoms with E-state index in [1.54, 1.807) is 11.3 Å². The van der Waals surface area contributed by atoms with Crippen LogP contribution in [0.15, 0.2) is 26.6 Å². The van der Waals surface area contributed by atoms with Gasteiger partial charge in [-0.3, -0.25) is 5.84 Å². The minimum Gasteiger partial charge on any atom is -0.453 e. The Morgan fingerprint density at radius 2 is 2.44 bits per heavy atom. The monoisotopic (exact) mass is 301 g/mol. The van der Waals surface area contributed by atoms with Crippen LogP contribution in [0.3, 0.4) is 0 Å². The number of aryl methyl sites for hydroxylation is 1. The first-order valence-electron chi connectivity index (χ1n) is 4.81. The van der Waals surface area contributed by atoms with Gasteiger partial charge < -0.3 is 4.42 Å². The Bertz CT molecular complexity index is 468. The van der Waals surface area contributed by atoms with Crippen LogP contribution in [-0.4, -0.2) is 4.98 Å². The van der Waals surface area contributed by atoms with Crippen LogP contribution in [0.2, 0.25) is 0 Å². The third-order valence-corrected chi connectivity index (χ3v) is 3.60. The standard InChI is InChI=1S/C10H12BrN3OS/c1-6-5-16-10(13-6)4-7(14-12)8-2-3-9(11)15-8/h2-3,5,7,14H,4,12H2,1H3. The van der Waals surface area contributed by atoms with Crippen molar-refractivity contribution in [2.75, 3.05) is 0 Å². The van der Waals surface area contributed by atoms with Crippen LogP contribution >= 0.6 is 27.3 Å². The van der Waals surface area contributed by atoms with Crippen molar-refractivity contribution in [3.63, 3.8) is 0 Å². The molecule has 0 radical (unpaired) electrons. The van der Waals surface area contributed by atoms with E-state index in [4.69, 9.17) is 10.3 Å². The number of rotatable bonds is 4. The van der Waals surface area contributed by atoms with Crippen molar-refractivity contribution in [3.8, 4) is 0 Å². The Morgan fingerprint density at radius 3 is 2.94 bits per heavy atom. The van der Waals surface area contributed by atoms with Gasteiger partial charge in [0, 0.05) is 17.5 Å². The average molecular weight is 302 g/mol. The lowest BCUT2D eigenvalue weighted by Crippen LogP contribution is -2.29. The summed E-state index contributed by atoms with van der Waals surface area (Å²) in [7, 11) is 0. The van der Waals surface area contributed by atoms with Crippen LogP contribution in [0.25, 0.3) is 0 Å². The summed E-state index contributed by atoms with van der Waals surface area (Å²) in [5, 5.41) is 3.08. The molecule has 2 rings (SSSR count). The van der Waals surface area contributed by atoms with Crippen molar-refractivity contribution in [2.45, 2.75) is 19.4 Å². The van der Waals surface area contributed by atoms with Gasteiger partial charge in [0.15, 0.2) is 4.67 Å². The molecule has 2 aromatic rings. The summed E-state index contributed by atoms with van der Waals surface area (Å²) in [6.45, 7) is 1.98. The summed E-state index contributed by atoms with van der Waals surface area (Å²) < 4.78 is 6.17. The highest BCUT2D eigenvalue weighted by Gasteiger charge is 2.16. The van der Waals surface area contributed by atoms with E-state index in [9.17, 15) is 0 Å². The molecule has 6 heteroatoms. The van der Waals surface area contributed by atoms with E-state index in [1.165, 1.54) is 0 Å².